The molecule has 0 radical (unpaired) electrons. The molecule has 0 bridgehead atoms. The Morgan fingerprint density at radius 1 is 1.25 bits per heavy atom. The number of hydrogen-bond donors (Lipinski definition) is 1. The van der Waals surface area contributed by atoms with Crippen molar-refractivity contribution in [3.05, 3.63) is 23.8 Å². The molecule has 3 rings (SSSR count). The Hall–Kier alpha value is -0.870. The molecule has 0 spiro atoms. The van der Waals surface area contributed by atoms with Gasteiger partial charge >= 0.3 is 0 Å². The maximum Gasteiger partial charge on any atom is 0.161 e. The van der Waals surface area contributed by atoms with Crippen molar-refractivity contribution in [2.45, 2.75) is 31.3 Å². The number of rotatable bonds is 4. The summed E-state index contributed by atoms with van der Waals surface area (Å²) in [6.07, 6.45) is 3.96. The van der Waals surface area contributed by atoms with Crippen LogP contribution in [-0.2, 0) is 0 Å². The highest BCUT2D eigenvalue weighted by Gasteiger charge is 2.20. The molecule has 110 valence electrons. The molecule has 1 aromatic rings. The van der Waals surface area contributed by atoms with Crippen LogP contribution in [0.25, 0.3) is 0 Å². The third-order valence-electron chi connectivity index (χ3n) is 4.13. The molecule has 0 aromatic heterocycles. The van der Waals surface area contributed by atoms with Crippen LogP contribution >= 0.6 is 11.8 Å². The molecule has 1 aromatic carbocycles. The summed E-state index contributed by atoms with van der Waals surface area (Å²) in [5.41, 5.74) is 1.36. The lowest BCUT2D eigenvalue weighted by Crippen LogP contribution is -2.23. The van der Waals surface area contributed by atoms with Gasteiger partial charge in [0.15, 0.2) is 11.5 Å². The van der Waals surface area contributed by atoms with Crippen LogP contribution in [0.5, 0.6) is 11.5 Å². The maximum absolute atomic E-state index is 6.13. The largest absolute Gasteiger partial charge is 0.493 e. The zero-order chi connectivity index (χ0) is 13.8. The van der Waals surface area contributed by atoms with Gasteiger partial charge in [-0.3, -0.25) is 0 Å². The third-order valence-corrected chi connectivity index (χ3v) is 5.32. The molecule has 0 aliphatic carbocycles. The average Bonchev–Trinajstić information content (AvgIpc) is 3.03. The minimum absolute atomic E-state index is 0.335. The normalized spacial score (nSPS) is 26.4. The van der Waals surface area contributed by atoms with Gasteiger partial charge in [-0.1, -0.05) is 6.07 Å². The molecule has 2 aliphatic rings. The van der Waals surface area contributed by atoms with Crippen LogP contribution in [0.2, 0.25) is 0 Å². The molecule has 2 heterocycles. The van der Waals surface area contributed by atoms with Gasteiger partial charge in [0.2, 0.25) is 0 Å². The summed E-state index contributed by atoms with van der Waals surface area (Å²) in [5, 5.41) is 3.41. The van der Waals surface area contributed by atoms with Crippen LogP contribution in [0.15, 0.2) is 18.2 Å². The van der Waals surface area contributed by atoms with Gasteiger partial charge in [0, 0.05) is 12.3 Å². The first kappa shape index (κ1) is 14.1. The van der Waals surface area contributed by atoms with Crippen molar-refractivity contribution in [3.8, 4) is 11.5 Å². The van der Waals surface area contributed by atoms with Crippen molar-refractivity contribution in [2.75, 3.05) is 31.7 Å². The molecule has 1 N–H and O–H groups in total. The monoisotopic (exact) mass is 293 g/mol. The molecule has 3 nitrogen and oxygen atoms in total. The number of nitrogens with one attached hydrogen (secondary N) is 1. The fourth-order valence-electron chi connectivity index (χ4n) is 2.96. The van der Waals surface area contributed by atoms with Gasteiger partial charge in [-0.25, -0.2) is 0 Å². The lowest BCUT2D eigenvalue weighted by molar-refractivity contribution is 0.202. The van der Waals surface area contributed by atoms with Gasteiger partial charge in [-0.15, -0.1) is 0 Å². The van der Waals surface area contributed by atoms with Gasteiger partial charge in [0.25, 0.3) is 0 Å². The molecule has 2 saturated heterocycles. The molecule has 4 heteroatoms. The average molecular weight is 293 g/mol. The van der Waals surface area contributed by atoms with Crippen molar-refractivity contribution in [1.82, 2.24) is 5.32 Å². The zero-order valence-corrected chi connectivity index (χ0v) is 12.9. The van der Waals surface area contributed by atoms with Gasteiger partial charge in [-0.05, 0) is 55.2 Å². The molecule has 0 amide bonds. The Morgan fingerprint density at radius 2 is 2.20 bits per heavy atom. The van der Waals surface area contributed by atoms with E-state index < -0.39 is 0 Å². The zero-order valence-electron chi connectivity index (χ0n) is 12.1. The van der Waals surface area contributed by atoms with E-state index >= 15 is 0 Å². The highest BCUT2D eigenvalue weighted by molar-refractivity contribution is 7.99. The molecule has 2 fully saturated rings. The minimum atomic E-state index is 0.335. The van der Waals surface area contributed by atoms with E-state index in [2.05, 4.69) is 23.5 Å². The molecule has 0 saturated carbocycles. The van der Waals surface area contributed by atoms with E-state index in [0.29, 0.717) is 12.0 Å². The van der Waals surface area contributed by atoms with Crippen molar-refractivity contribution in [1.29, 1.82) is 0 Å². The van der Waals surface area contributed by atoms with E-state index in [-0.39, 0.29) is 0 Å². The predicted octanol–water partition coefficient (Wildman–Crippen LogP) is 3.05. The van der Waals surface area contributed by atoms with Crippen LogP contribution in [0, 0.1) is 0 Å². The fraction of sp³-hybridized carbons (Fsp3) is 0.625. The molecular weight excluding hydrogens is 270 g/mol. The molecule has 2 atom stereocenters. The first-order valence-corrected chi connectivity index (χ1v) is 8.65. The first-order valence-electron chi connectivity index (χ1n) is 7.50. The van der Waals surface area contributed by atoms with E-state index in [0.717, 1.165) is 36.8 Å². The summed E-state index contributed by atoms with van der Waals surface area (Å²) in [6.45, 7) is 2.19. The summed E-state index contributed by atoms with van der Waals surface area (Å²) in [6, 6.07) is 6.44. The summed E-state index contributed by atoms with van der Waals surface area (Å²) >= 11 is 1.99. The summed E-state index contributed by atoms with van der Waals surface area (Å²) < 4.78 is 11.7. The van der Waals surface area contributed by atoms with Crippen molar-refractivity contribution in [3.63, 3.8) is 0 Å². The SMILES string of the molecule is COc1cc(C2CCNC2)ccc1OC1CCCSC1. The first-order chi connectivity index (χ1) is 9.86. The van der Waals surface area contributed by atoms with E-state index in [9.17, 15) is 0 Å². The van der Waals surface area contributed by atoms with Crippen LogP contribution in [0.3, 0.4) is 0 Å². The van der Waals surface area contributed by atoms with Crippen LogP contribution < -0.4 is 14.8 Å². The lowest BCUT2D eigenvalue weighted by Gasteiger charge is -2.24. The van der Waals surface area contributed by atoms with E-state index in [1.165, 1.54) is 24.2 Å². The number of benzene rings is 1. The van der Waals surface area contributed by atoms with Crippen molar-refractivity contribution in [2.24, 2.45) is 0 Å². The van der Waals surface area contributed by atoms with E-state index in [4.69, 9.17) is 9.47 Å². The molecule has 20 heavy (non-hydrogen) atoms. The van der Waals surface area contributed by atoms with Gasteiger partial charge in [0.1, 0.15) is 6.10 Å². The van der Waals surface area contributed by atoms with Crippen LogP contribution in [0.4, 0.5) is 0 Å². The Bertz CT molecular complexity index is 440. The fourth-order valence-corrected chi connectivity index (χ4v) is 3.99. The summed E-state index contributed by atoms with van der Waals surface area (Å²) in [4.78, 5) is 0. The Kier molecular flexibility index (Phi) is 4.73. The molecule has 2 unspecified atom stereocenters. The van der Waals surface area contributed by atoms with Crippen LogP contribution in [0.1, 0.15) is 30.7 Å². The number of methoxy groups -OCH3 is 1. The van der Waals surface area contributed by atoms with Gasteiger partial charge in [0.05, 0.1) is 7.11 Å². The Morgan fingerprint density at radius 3 is 2.90 bits per heavy atom. The molecular formula is C16H23NO2S. The second kappa shape index (κ2) is 6.72. The van der Waals surface area contributed by atoms with Crippen molar-refractivity contribution >= 4 is 11.8 Å². The highest BCUT2D eigenvalue weighted by Crippen LogP contribution is 2.34. The smallest absolute Gasteiger partial charge is 0.161 e. The Labute approximate surface area is 125 Å². The quantitative estimate of drug-likeness (QED) is 0.924. The van der Waals surface area contributed by atoms with Crippen molar-refractivity contribution < 1.29 is 9.47 Å². The number of ether oxygens (including phenoxy) is 2. The standard InChI is InChI=1S/C16H23NO2S/c1-18-16-9-12(13-6-7-17-10-13)4-5-15(16)19-14-3-2-8-20-11-14/h4-5,9,13-14,17H,2-3,6-8,10-11H2,1H3. The summed E-state index contributed by atoms with van der Waals surface area (Å²) in [7, 11) is 1.73. The van der Waals surface area contributed by atoms with Crippen LogP contribution in [-0.4, -0.2) is 37.8 Å². The topological polar surface area (TPSA) is 30.5 Å². The number of hydrogen-bond acceptors (Lipinski definition) is 4. The Balaban J connectivity index is 1.73. The van der Waals surface area contributed by atoms with Gasteiger partial charge < -0.3 is 14.8 Å². The molecule has 2 aliphatic heterocycles. The minimum Gasteiger partial charge on any atom is -0.493 e. The summed E-state index contributed by atoms with van der Waals surface area (Å²) in [5.74, 6) is 4.75. The predicted molar refractivity (Wildman–Crippen MR) is 84.2 cm³/mol. The number of thioether (sulfide) groups is 1. The van der Waals surface area contributed by atoms with Gasteiger partial charge in [-0.2, -0.15) is 11.8 Å². The third kappa shape index (κ3) is 3.23. The second-order valence-corrected chi connectivity index (χ2v) is 6.71. The second-order valence-electron chi connectivity index (χ2n) is 5.56. The highest BCUT2D eigenvalue weighted by atomic mass is 32.2. The lowest BCUT2D eigenvalue weighted by atomic mass is 9.98. The van der Waals surface area contributed by atoms with E-state index in [1.54, 1.807) is 7.11 Å². The van der Waals surface area contributed by atoms with E-state index in [1.807, 2.05) is 11.8 Å². The maximum atomic E-state index is 6.13.